The van der Waals surface area contributed by atoms with Gasteiger partial charge in [0.15, 0.2) is 0 Å². The average molecular weight is 236 g/mol. The normalized spacial score (nSPS) is 18.8. The highest BCUT2D eigenvalue weighted by molar-refractivity contribution is 5.47. The summed E-state index contributed by atoms with van der Waals surface area (Å²) in [5.41, 5.74) is 5.41. The van der Waals surface area contributed by atoms with Gasteiger partial charge in [0.05, 0.1) is 12.1 Å². The van der Waals surface area contributed by atoms with E-state index in [-0.39, 0.29) is 12.1 Å². The number of anilines is 2. The van der Waals surface area contributed by atoms with E-state index >= 15 is 0 Å². The molecule has 1 aliphatic rings. The molecule has 1 saturated carbocycles. The number of hydrogen-bond acceptors (Lipinski definition) is 5. The summed E-state index contributed by atoms with van der Waals surface area (Å²) < 4.78 is 0. The molecule has 1 aromatic rings. The van der Waals surface area contributed by atoms with Crippen LogP contribution >= 0.6 is 0 Å². The van der Waals surface area contributed by atoms with Crippen molar-refractivity contribution in [2.75, 3.05) is 17.7 Å². The van der Waals surface area contributed by atoms with Gasteiger partial charge in [-0.05, 0) is 26.2 Å². The smallest absolute Gasteiger partial charge is 0.136 e. The van der Waals surface area contributed by atoms with Gasteiger partial charge in [-0.15, -0.1) is 0 Å². The van der Waals surface area contributed by atoms with Crippen molar-refractivity contribution in [1.82, 2.24) is 9.97 Å². The monoisotopic (exact) mass is 236 g/mol. The number of aliphatic hydroxyl groups excluding tert-OH is 1. The molecule has 17 heavy (non-hydrogen) atoms. The molecule has 1 atom stereocenters. The minimum absolute atomic E-state index is 0.0617. The van der Waals surface area contributed by atoms with Gasteiger partial charge < -0.3 is 16.2 Å². The lowest BCUT2D eigenvalue weighted by molar-refractivity contribution is 0.218. The number of aromatic nitrogens is 2. The molecule has 4 N–H and O–H groups in total. The Morgan fingerprint density at radius 1 is 1.53 bits per heavy atom. The second-order valence-electron chi connectivity index (χ2n) is 5.01. The molecule has 1 heterocycles. The number of nitrogens with two attached hydrogens (primary N) is 1. The van der Waals surface area contributed by atoms with Gasteiger partial charge in [-0.1, -0.05) is 6.92 Å². The fourth-order valence-electron chi connectivity index (χ4n) is 1.62. The van der Waals surface area contributed by atoms with Crippen molar-refractivity contribution in [3.63, 3.8) is 0 Å². The Hall–Kier alpha value is -1.36. The Bertz CT molecular complexity index is 399. The summed E-state index contributed by atoms with van der Waals surface area (Å²) in [6.07, 6.45) is 3.11. The van der Waals surface area contributed by atoms with Crippen molar-refractivity contribution in [2.24, 2.45) is 0 Å². The van der Waals surface area contributed by atoms with Gasteiger partial charge in [-0.25, -0.2) is 9.97 Å². The van der Waals surface area contributed by atoms with Gasteiger partial charge in [0.2, 0.25) is 0 Å². The molecular formula is C12H20N4O. The largest absolute Gasteiger partial charge is 0.394 e. The van der Waals surface area contributed by atoms with E-state index in [0.29, 0.717) is 17.6 Å². The van der Waals surface area contributed by atoms with Gasteiger partial charge in [-0.3, -0.25) is 0 Å². The first-order valence-electron chi connectivity index (χ1n) is 6.10. The van der Waals surface area contributed by atoms with Crippen LogP contribution in [0.2, 0.25) is 0 Å². The highest BCUT2D eigenvalue weighted by Crippen LogP contribution is 2.38. The minimum atomic E-state index is -0.360. The maximum atomic E-state index is 9.37. The lowest BCUT2D eigenvalue weighted by Gasteiger charge is -2.28. The Labute approximate surface area is 101 Å². The molecule has 0 radical (unpaired) electrons. The van der Waals surface area contributed by atoms with E-state index in [0.717, 1.165) is 25.1 Å². The van der Waals surface area contributed by atoms with Gasteiger partial charge >= 0.3 is 0 Å². The molecule has 94 valence electrons. The minimum Gasteiger partial charge on any atom is -0.394 e. The van der Waals surface area contributed by atoms with E-state index < -0.39 is 0 Å². The maximum absolute atomic E-state index is 9.37. The first kappa shape index (κ1) is 12.1. The van der Waals surface area contributed by atoms with E-state index in [9.17, 15) is 5.11 Å². The first-order valence-corrected chi connectivity index (χ1v) is 6.10. The predicted octanol–water partition coefficient (Wildman–Crippen LogP) is 1.51. The van der Waals surface area contributed by atoms with Gasteiger partial charge in [0.25, 0.3) is 0 Å². The van der Waals surface area contributed by atoms with Gasteiger partial charge in [-0.2, -0.15) is 0 Å². The van der Waals surface area contributed by atoms with Crippen molar-refractivity contribution in [1.29, 1.82) is 0 Å². The molecule has 5 nitrogen and oxygen atoms in total. The number of aliphatic hydroxyl groups is 1. The summed E-state index contributed by atoms with van der Waals surface area (Å²) in [6, 6.07) is 1.72. The molecule has 1 fully saturated rings. The standard InChI is InChI=1S/C12H20N4O/c1-3-12(2,7-17)16-10-6-9(13)14-11(15-10)8-4-5-8/h6,8,17H,3-5,7H2,1-2H3,(H3,13,14,15,16). The third kappa shape index (κ3) is 2.85. The molecule has 1 unspecified atom stereocenters. The zero-order chi connectivity index (χ0) is 12.5. The Morgan fingerprint density at radius 2 is 2.24 bits per heavy atom. The van der Waals surface area contributed by atoms with Crippen molar-refractivity contribution in [3.8, 4) is 0 Å². The lowest BCUT2D eigenvalue weighted by atomic mass is 10.0. The third-order valence-electron chi connectivity index (χ3n) is 3.26. The van der Waals surface area contributed by atoms with Crippen LogP contribution in [0.15, 0.2) is 6.07 Å². The van der Waals surface area contributed by atoms with E-state index in [1.807, 2.05) is 13.8 Å². The van der Waals surface area contributed by atoms with Crippen LogP contribution in [-0.2, 0) is 0 Å². The highest BCUT2D eigenvalue weighted by Gasteiger charge is 2.28. The van der Waals surface area contributed by atoms with E-state index in [4.69, 9.17) is 5.73 Å². The van der Waals surface area contributed by atoms with Crippen LogP contribution in [0.3, 0.4) is 0 Å². The molecule has 0 spiro atoms. The molecule has 5 heteroatoms. The lowest BCUT2D eigenvalue weighted by Crippen LogP contribution is -2.38. The zero-order valence-electron chi connectivity index (χ0n) is 10.4. The molecule has 0 aromatic carbocycles. The van der Waals surface area contributed by atoms with Crippen molar-refractivity contribution in [3.05, 3.63) is 11.9 Å². The number of nitrogens with one attached hydrogen (secondary N) is 1. The summed E-state index contributed by atoms with van der Waals surface area (Å²) >= 11 is 0. The number of nitrogen functional groups attached to an aromatic ring is 1. The SMILES string of the molecule is CCC(C)(CO)Nc1cc(N)nc(C2CC2)n1. The fourth-order valence-corrected chi connectivity index (χ4v) is 1.62. The number of hydrogen-bond donors (Lipinski definition) is 3. The molecule has 1 aliphatic carbocycles. The van der Waals surface area contributed by atoms with Gasteiger partial charge in [0.1, 0.15) is 17.5 Å². The molecule has 0 aliphatic heterocycles. The van der Waals surface area contributed by atoms with Crippen LogP contribution in [-0.4, -0.2) is 27.2 Å². The summed E-state index contributed by atoms with van der Waals surface area (Å²) in [5.74, 6) is 2.49. The number of nitrogens with zero attached hydrogens (tertiary/aromatic N) is 2. The predicted molar refractivity (Wildman–Crippen MR) is 67.8 cm³/mol. The molecule has 0 bridgehead atoms. The van der Waals surface area contributed by atoms with Crippen LogP contribution in [0.1, 0.15) is 44.9 Å². The molecule has 2 rings (SSSR count). The van der Waals surface area contributed by atoms with E-state index in [2.05, 4.69) is 15.3 Å². The highest BCUT2D eigenvalue weighted by atomic mass is 16.3. The Kier molecular flexibility index (Phi) is 3.19. The molecular weight excluding hydrogens is 216 g/mol. The Balaban J connectivity index is 2.20. The Morgan fingerprint density at radius 3 is 2.76 bits per heavy atom. The summed E-state index contributed by atoms with van der Waals surface area (Å²) in [4.78, 5) is 8.70. The topological polar surface area (TPSA) is 84.1 Å². The van der Waals surface area contributed by atoms with Crippen LogP contribution in [0, 0.1) is 0 Å². The first-order chi connectivity index (χ1) is 8.06. The summed E-state index contributed by atoms with van der Waals surface area (Å²) in [7, 11) is 0. The summed E-state index contributed by atoms with van der Waals surface area (Å²) in [5, 5.41) is 12.6. The number of rotatable bonds is 5. The summed E-state index contributed by atoms with van der Waals surface area (Å²) in [6.45, 7) is 4.05. The quantitative estimate of drug-likeness (QED) is 0.721. The second-order valence-corrected chi connectivity index (χ2v) is 5.01. The zero-order valence-corrected chi connectivity index (χ0v) is 10.4. The van der Waals surface area contributed by atoms with Crippen LogP contribution in [0.5, 0.6) is 0 Å². The molecule has 0 amide bonds. The second kappa shape index (κ2) is 4.49. The molecule has 1 aromatic heterocycles. The van der Waals surface area contributed by atoms with Crippen molar-refractivity contribution >= 4 is 11.6 Å². The van der Waals surface area contributed by atoms with Crippen LogP contribution in [0.4, 0.5) is 11.6 Å². The van der Waals surface area contributed by atoms with Gasteiger partial charge in [0, 0.05) is 12.0 Å². The van der Waals surface area contributed by atoms with Crippen LogP contribution < -0.4 is 11.1 Å². The van der Waals surface area contributed by atoms with Crippen molar-refractivity contribution in [2.45, 2.75) is 44.6 Å². The maximum Gasteiger partial charge on any atom is 0.136 e. The van der Waals surface area contributed by atoms with Crippen LogP contribution in [0.25, 0.3) is 0 Å². The van der Waals surface area contributed by atoms with Crippen molar-refractivity contribution < 1.29 is 5.11 Å². The van der Waals surface area contributed by atoms with E-state index in [1.165, 1.54) is 0 Å². The van der Waals surface area contributed by atoms with E-state index in [1.54, 1.807) is 6.07 Å². The molecule has 0 saturated heterocycles. The third-order valence-corrected chi connectivity index (χ3v) is 3.26. The average Bonchev–Trinajstić information content (AvgIpc) is 3.12. The fraction of sp³-hybridized carbons (Fsp3) is 0.667.